The molecule has 1 atom stereocenters. The largest absolute Gasteiger partial charge is 0.497 e. The van der Waals surface area contributed by atoms with E-state index in [9.17, 15) is 4.79 Å². The minimum absolute atomic E-state index is 0.0539. The monoisotopic (exact) mass is 506 g/mol. The van der Waals surface area contributed by atoms with Crippen molar-refractivity contribution in [3.05, 3.63) is 126 Å². The minimum Gasteiger partial charge on any atom is -0.497 e. The van der Waals surface area contributed by atoms with E-state index in [0.29, 0.717) is 9.33 Å². The van der Waals surface area contributed by atoms with E-state index in [4.69, 9.17) is 14.5 Å². The van der Waals surface area contributed by atoms with Crippen molar-refractivity contribution in [1.29, 1.82) is 0 Å². The third kappa shape index (κ3) is 4.13. The molecule has 0 spiro atoms. The number of nitrogens with zero attached hydrogens (tertiary/aromatic N) is 2. The highest BCUT2D eigenvalue weighted by atomic mass is 32.1. The highest BCUT2D eigenvalue weighted by Gasteiger charge is 2.34. The summed E-state index contributed by atoms with van der Waals surface area (Å²) < 4.78 is 13.8. The summed E-state index contributed by atoms with van der Waals surface area (Å²) in [6.45, 7) is 0. The standard InChI is InChI=1S/C31H26N2O3S/c1-35-22-16-18-26(36-2)25(19-22)29-24-17-15-21-12-6-7-13-23(21)28(24)32-31-33(29)30(34)27(37-31)14-8-11-20-9-4-3-5-10-20/h3-14,16,18-19,29H,15,17H2,1-2H3/b11-8+,27-14-/t29-/m0/s1. The Balaban J connectivity index is 1.58. The van der Waals surface area contributed by atoms with Crippen molar-refractivity contribution < 1.29 is 9.47 Å². The number of thiazole rings is 1. The molecule has 0 saturated heterocycles. The van der Waals surface area contributed by atoms with Gasteiger partial charge in [0, 0.05) is 11.1 Å². The first kappa shape index (κ1) is 23.3. The summed E-state index contributed by atoms with van der Waals surface area (Å²) in [6, 6.07) is 23.9. The highest BCUT2D eigenvalue weighted by molar-refractivity contribution is 7.07. The van der Waals surface area contributed by atoms with Gasteiger partial charge in [0.25, 0.3) is 5.56 Å². The van der Waals surface area contributed by atoms with Crippen molar-refractivity contribution in [2.24, 2.45) is 4.99 Å². The van der Waals surface area contributed by atoms with Crippen LogP contribution in [0.4, 0.5) is 0 Å². The lowest BCUT2D eigenvalue weighted by Crippen LogP contribution is -2.38. The molecule has 0 saturated carbocycles. The van der Waals surface area contributed by atoms with Gasteiger partial charge in [-0.2, -0.15) is 0 Å². The SMILES string of the molecule is COc1ccc(OC)c([C@@H]2C3=C(N=c4s/c(=C\C=C\c5ccccc5)c(=O)n42)c2ccccc2CC3)c1. The zero-order valence-electron chi connectivity index (χ0n) is 20.7. The molecule has 184 valence electrons. The van der Waals surface area contributed by atoms with Crippen molar-refractivity contribution >= 4 is 29.2 Å². The van der Waals surface area contributed by atoms with Crippen LogP contribution in [0.3, 0.4) is 0 Å². The van der Waals surface area contributed by atoms with E-state index < -0.39 is 0 Å². The maximum absolute atomic E-state index is 13.9. The van der Waals surface area contributed by atoms with Crippen LogP contribution in [0.1, 0.15) is 34.7 Å². The fraction of sp³-hybridized carbons (Fsp3) is 0.161. The Morgan fingerprint density at radius 1 is 0.973 bits per heavy atom. The second kappa shape index (κ2) is 9.71. The van der Waals surface area contributed by atoms with E-state index in [0.717, 1.165) is 52.3 Å². The molecular weight excluding hydrogens is 480 g/mol. The van der Waals surface area contributed by atoms with Gasteiger partial charge in [-0.05, 0) is 53.8 Å². The molecule has 0 fully saturated rings. The molecule has 0 unspecified atom stereocenters. The van der Waals surface area contributed by atoms with E-state index in [1.807, 2.05) is 71.3 Å². The Labute approximate surface area is 219 Å². The summed E-state index contributed by atoms with van der Waals surface area (Å²) in [6.07, 6.45) is 7.53. The average Bonchev–Trinajstić information content (AvgIpc) is 3.26. The topological polar surface area (TPSA) is 52.8 Å². The number of hydrogen-bond acceptors (Lipinski definition) is 5. The molecule has 6 heteroatoms. The predicted octanol–water partition coefficient (Wildman–Crippen LogP) is 5.00. The molecule has 3 aromatic carbocycles. The molecule has 0 radical (unpaired) electrons. The Bertz CT molecular complexity index is 1730. The van der Waals surface area contributed by atoms with Gasteiger partial charge in [-0.1, -0.05) is 78.1 Å². The van der Waals surface area contributed by atoms with Gasteiger partial charge in [0.1, 0.15) is 11.5 Å². The number of ether oxygens (including phenoxy) is 2. The molecule has 1 aromatic heterocycles. The zero-order valence-corrected chi connectivity index (χ0v) is 21.5. The van der Waals surface area contributed by atoms with Gasteiger partial charge in [-0.15, -0.1) is 0 Å². The summed E-state index contributed by atoms with van der Waals surface area (Å²) in [7, 11) is 3.31. The maximum atomic E-state index is 13.9. The van der Waals surface area contributed by atoms with Crippen LogP contribution in [0.15, 0.2) is 94.2 Å². The van der Waals surface area contributed by atoms with Gasteiger partial charge in [0.15, 0.2) is 4.80 Å². The number of aromatic nitrogens is 1. The second-order valence-electron chi connectivity index (χ2n) is 9.01. The Hall–Kier alpha value is -4.16. The van der Waals surface area contributed by atoms with E-state index in [1.165, 1.54) is 16.9 Å². The van der Waals surface area contributed by atoms with E-state index >= 15 is 0 Å². The maximum Gasteiger partial charge on any atom is 0.271 e. The van der Waals surface area contributed by atoms with Crippen LogP contribution >= 0.6 is 11.3 Å². The number of fused-ring (bicyclic) bond motifs is 3. The first-order valence-corrected chi connectivity index (χ1v) is 13.1. The van der Waals surface area contributed by atoms with E-state index in [-0.39, 0.29) is 11.6 Å². The minimum atomic E-state index is -0.329. The lowest BCUT2D eigenvalue weighted by Gasteiger charge is -2.31. The van der Waals surface area contributed by atoms with Gasteiger partial charge in [0.2, 0.25) is 0 Å². The normalized spacial score (nSPS) is 16.7. The molecule has 0 amide bonds. The molecule has 1 aliphatic carbocycles. The summed E-state index contributed by atoms with van der Waals surface area (Å²) in [5.41, 5.74) is 6.44. The number of hydrogen-bond donors (Lipinski definition) is 0. The molecule has 4 aromatic rings. The van der Waals surface area contributed by atoms with Crippen molar-refractivity contribution in [2.75, 3.05) is 14.2 Å². The van der Waals surface area contributed by atoms with Crippen molar-refractivity contribution in [3.63, 3.8) is 0 Å². The molecule has 1 aliphatic heterocycles. The fourth-order valence-electron chi connectivity index (χ4n) is 5.18. The van der Waals surface area contributed by atoms with Gasteiger partial charge < -0.3 is 9.47 Å². The molecule has 37 heavy (non-hydrogen) atoms. The first-order chi connectivity index (χ1) is 18.2. The molecule has 2 aliphatic rings. The van der Waals surface area contributed by atoms with Crippen LogP contribution in [0, 0.1) is 0 Å². The van der Waals surface area contributed by atoms with Gasteiger partial charge in [-0.3, -0.25) is 9.36 Å². The zero-order chi connectivity index (χ0) is 25.4. The van der Waals surface area contributed by atoms with Crippen LogP contribution in [-0.2, 0) is 6.42 Å². The number of allylic oxidation sites excluding steroid dienone is 2. The van der Waals surface area contributed by atoms with Crippen LogP contribution in [-0.4, -0.2) is 18.8 Å². The summed E-state index contributed by atoms with van der Waals surface area (Å²) in [5.74, 6) is 1.44. The van der Waals surface area contributed by atoms with Crippen molar-refractivity contribution in [1.82, 2.24) is 4.57 Å². The molecule has 2 heterocycles. The van der Waals surface area contributed by atoms with E-state index in [2.05, 4.69) is 24.3 Å². The lowest BCUT2D eigenvalue weighted by atomic mass is 9.83. The first-order valence-electron chi connectivity index (χ1n) is 12.2. The Kier molecular flexibility index (Phi) is 6.10. The van der Waals surface area contributed by atoms with E-state index in [1.54, 1.807) is 14.2 Å². The summed E-state index contributed by atoms with van der Waals surface area (Å²) in [4.78, 5) is 19.6. The Morgan fingerprint density at radius 3 is 2.59 bits per heavy atom. The van der Waals surface area contributed by atoms with Crippen molar-refractivity contribution in [2.45, 2.75) is 18.9 Å². The smallest absolute Gasteiger partial charge is 0.271 e. The quantitative estimate of drug-likeness (QED) is 0.383. The molecular formula is C31H26N2O3S. The van der Waals surface area contributed by atoms with Crippen LogP contribution < -0.4 is 24.4 Å². The number of aryl methyl sites for hydroxylation is 1. The number of methoxy groups -OCH3 is 2. The summed E-state index contributed by atoms with van der Waals surface area (Å²) in [5, 5.41) is 0. The third-order valence-electron chi connectivity index (χ3n) is 6.94. The van der Waals surface area contributed by atoms with Crippen LogP contribution in [0.25, 0.3) is 17.8 Å². The predicted molar refractivity (Wildman–Crippen MR) is 149 cm³/mol. The number of rotatable bonds is 5. The third-order valence-corrected chi connectivity index (χ3v) is 7.94. The fourth-order valence-corrected chi connectivity index (χ4v) is 6.13. The second-order valence-corrected chi connectivity index (χ2v) is 10.0. The molecule has 0 bridgehead atoms. The molecule has 5 nitrogen and oxygen atoms in total. The average molecular weight is 507 g/mol. The van der Waals surface area contributed by atoms with Gasteiger partial charge in [0.05, 0.1) is 30.5 Å². The van der Waals surface area contributed by atoms with Crippen LogP contribution in [0.2, 0.25) is 0 Å². The highest BCUT2D eigenvalue weighted by Crippen LogP contribution is 2.44. The molecule has 0 N–H and O–H groups in total. The Morgan fingerprint density at radius 2 is 1.78 bits per heavy atom. The molecule has 6 rings (SSSR count). The summed E-state index contributed by atoms with van der Waals surface area (Å²) >= 11 is 1.42. The van der Waals surface area contributed by atoms with Crippen LogP contribution in [0.5, 0.6) is 11.5 Å². The number of benzene rings is 3. The van der Waals surface area contributed by atoms with Gasteiger partial charge in [-0.25, -0.2) is 4.99 Å². The van der Waals surface area contributed by atoms with Crippen molar-refractivity contribution in [3.8, 4) is 11.5 Å². The van der Waals surface area contributed by atoms with Gasteiger partial charge >= 0.3 is 0 Å². The lowest BCUT2D eigenvalue weighted by molar-refractivity contribution is 0.392.